The quantitative estimate of drug-likeness (QED) is 0.824. The molecule has 2 rings (SSSR count). The summed E-state index contributed by atoms with van der Waals surface area (Å²) < 4.78 is 5.79. The molecule has 0 spiro atoms. The van der Waals surface area contributed by atoms with E-state index in [0.717, 1.165) is 35.1 Å². The zero-order valence-corrected chi connectivity index (χ0v) is 12.9. The molecule has 0 radical (unpaired) electrons. The Labute approximate surface area is 130 Å². The average Bonchev–Trinajstić information content (AvgIpc) is 2.90. The Morgan fingerprint density at radius 3 is 2.86 bits per heavy atom. The molecule has 1 heterocycles. The third kappa shape index (κ3) is 3.56. The van der Waals surface area contributed by atoms with Crippen molar-refractivity contribution in [3.05, 3.63) is 41.7 Å². The Morgan fingerprint density at radius 2 is 2.18 bits per heavy atom. The zero-order chi connectivity index (χ0) is 15.9. The Morgan fingerprint density at radius 1 is 1.41 bits per heavy atom. The van der Waals surface area contributed by atoms with Gasteiger partial charge in [0.25, 0.3) is 0 Å². The van der Waals surface area contributed by atoms with Crippen LogP contribution in [0.3, 0.4) is 0 Å². The molecule has 0 saturated heterocycles. The highest BCUT2D eigenvalue weighted by Crippen LogP contribution is 2.27. The first-order chi connectivity index (χ1) is 10.7. The van der Waals surface area contributed by atoms with Gasteiger partial charge in [0.1, 0.15) is 17.4 Å². The number of fused-ring (bicyclic) bond motifs is 1. The maximum absolute atomic E-state index is 11.9. The highest BCUT2D eigenvalue weighted by Gasteiger charge is 2.11. The molecule has 4 heteroatoms. The number of carbonyl (C=O) groups is 1. The molecule has 0 aliphatic heterocycles. The number of para-hydroxylation sites is 1. The van der Waals surface area contributed by atoms with Crippen molar-refractivity contribution in [3.8, 4) is 6.07 Å². The molecule has 0 fully saturated rings. The van der Waals surface area contributed by atoms with E-state index in [9.17, 15) is 4.79 Å². The van der Waals surface area contributed by atoms with Crippen LogP contribution in [0, 0.1) is 11.3 Å². The van der Waals surface area contributed by atoms with E-state index in [0.29, 0.717) is 6.42 Å². The lowest BCUT2D eigenvalue weighted by Gasteiger charge is -2.07. The van der Waals surface area contributed by atoms with Crippen molar-refractivity contribution >= 4 is 23.0 Å². The number of benzene rings is 1. The van der Waals surface area contributed by atoms with Crippen LogP contribution in [0.25, 0.3) is 17.0 Å². The van der Waals surface area contributed by atoms with Crippen molar-refractivity contribution in [2.45, 2.75) is 39.2 Å². The first-order valence-corrected chi connectivity index (χ1v) is 7.58. The lowest BCUT2D eigenvalue weighted by molar-refractivity contribution is -0.116. The topological polar surface area (TPSA) is 66.0 Å². The van der Waals surface area contributed by atoms with Crippen LogP contribution in [0.2, 0.25) is 0 Å². The van der Waals surface area contributed by atoms with Gasteiger partial charge >= 0.3 is 0 Å². The van der Waals surface area contributed by atoms with Gasteiger partial charge in [0, 0.05) is 23.4 Å². The van der Waals surface area contributed by atoms with E-state index in [4.69, 9.17) is 9.68 Å². The number of hydrogen-bond acceptors (Lipinski definition) is 3. The summed E-state index contributed by atoms with van der Waals surface area (Å²) in [4.78, 5) is 11.9. The molecule has 0 saturated carbocycles. The maximum atomic E-state index is 11.9. The Hall–Kier alpha value is -2.54. The second-order valence-electron chi connectivity index (χ2n) is 5.10. The molecule has 1 aromatic carbocycles. The summed E-state index contributed by atoms with van der Waals surface area (Å²) in [5.41, 5.74) is 1.75. The summed E-state index contributed by atoms with van der Waals surface area (Å²) in [7, 11) is 0. The second kappa shape index (κ2) is 7.46. The SMILES string of the molecule is CCC[C@@H](C#N)NC(=O)/C=C/c1c(CC)oc2ccccc12. The van der Waals surface area contributed by atoms with Gasteiger partial charge < -0.3 is 9.73 Å². The van der Waals surface area contributed by atoms with E-state index >= 15 is 0 Å². The normalized spacial score (nSPS) is 12.4. The van der Waals surface area contributed by atoms with Crippen LogP contribution >= 0.6 is 0 Å². The predicted molar refractivity (Wildman–Crippen MR) is 87.1 cm³/mol. The molecular formula is C18H20N2O2. The third-order valence-corrected chi connectivity index (χ3v) is 3.48. The van der Waals surface area contributed by atoms with Crippen LogP contribution in [0.4, 0.5) is 0 Å². The highest BCUT2D eigenvalue weighted by molar-refractivity contribution is 5.96. The minimum atomic E-state index is -0.436. The molecule has 1 amide bonds. The van der Waals surface area contributed by atoms with Crippen molar-refractivity contribution < 1.29 is 9.21 Å². The van der Waals surface area contributed by atoms with E-state index in [1.54, 1.807) is 6.08 Å². The van der Waals surface area contributed by atoms with Crippen LogP contribution in [0.1, 0.15) is 38.0 Å². The predicted octanol–water partition coefficient (Wildman–Crippen LogP) is 3.82. The summed E-state index contributed by atoms with van der Waals surface area (Å²) in [5.74, 6) is 0.600. The Bertz CT molecular complexity index is 722. The Kier molecular flexibility index (Phi) is 5.37. The molecule has 4 nitrogen and oxygen atoms in total. The number of furan rings is 1. The van der Waals surface area contributed by atoms with E-state index < -0.39 is 6.04 Å². The number of nitrogens with zero attached hydrogens (tertiary/aromatic N) is 1. The minimum absolute atomic E-state index is 0.257. The number of rotatable bonds is 6. The lowest BCUT2D eigenvalue weighted by Crippen LogP contribution is -2.32. The molecule has 0 aliphatic carbocycles. The third-order valence-electron chi connectivity index (χ3n) is 3.48. The van der Waals surface area contributed by atoms with Crippen molar-refractivity contribution in [1.29, 1.82) is 5.26 Å². The standard InChI is InChI=1S/C18H20N2O2/c1-3-7-13(12-19)20-18(21)11-10-15-14-8-5-6-9-17(14)22-16(15)4-2/h5-6,8-11,13H,3-4,7H2,1-2H3,(H,20,21)/b11-10+/t13-/m0/s1. The summed E-state index contributed by atoms with van der Waals surface area (Å²) in [6.07, 6.45) is 5.50. The summed E-state index contributed by atoms with van der Waals surface area (Å²) in [6, 6.07) is 9.42. The number of nitriles is 1. The van der Waals surface area contributed by atoms with Gasteiger partial charge in [0.05, 0.1) is 6.07 Å². The van der Waals surface area contributed by atoms with E-state index in [1.165, 1.54) is 6.08 Å². The fraction of sp³-hybridized carbons (Fsp3) is 0.333. The van der Waals surface area contributed by atoms with Crippen molar-refractivity contribution in [1.82, 2.24) is 5.32 Å². The van der Waals surface area contributed by atoms with Gasteiger partial charge in [-0.3, -0.25) is 4.79 Å². The van der Waals surface area contributed by atoms with Gasteiger partial charge in [0.2, 0.25) is 5.91 Å². The molecule has 1 aromatic heterocycles. The Balaban J connectivity index is 2.19. The lowest BCUT2D eigenvalue weighted by atomic mass is 10.1. The van der Waals surface area contributed by atoms with Crippen LogP contribution in [-0.2, 0) is 11.2 Å². The molecular weight excluding hydrogens is 276 g/mol. The second-order valence-corrected chi connectivity index (χ2v) is 5.10. The van der Waals surface area contributed by atoms with Crippen molar-refractivity contribution in [2.75, 3.05) is 0 Å². The maximum Gasteiger partial charge on any atom is 0.245 e. The van der Waals surface area contributed by atoms with Crippen molar-refractivity contribution in [3.63, 3.8) is 0 Å². The highest BCUT2D eigenvalue weighted by atomic mass is 16.3. The fourth-order valence-electron chi connectivity index (χ4n) is 2.40. The zero-order valence-electron chi connectivity index (χ0n) is 12.9. The number of carbonyl (C=O) groups excluding carboxylic acids is 1. The average molecular weight is 296 g/mol. The minimum Gasteiger partial charge on any atom is -0.460 e. The molecule has 0 aliphatic rings. The summed E-state index contributed by atoms with van der Waals surface area (Å²) in [6.45, 7) is 4.00. The number of aryl methyl sites for hydroxylation is 1. The monoisotopic (exact) mass is 296 g/mol. The first kappa shape index (κ1) is 15.8. The molecule has 0 unspecified atom stereocenters. The fourth-order valence-corrected chi connectivity index (χ4v) is 2.40. The summed E-state index contributed by atoms with van der Waals surface area (Å²) in [5, 5.41) is 12.7. The number of nitrogens with one attached hydrogen (secondary N) is 1. The summed E-state index contributed by atoms with van der Waals surface area (Å²) >= 11 is 0. The van der Waals surface area contributed by atoms with Gasteiger partial charge in [-0.15, -0.1) is 0 Å². The molecule has 1 N–H and O–H groups in total. The molecule has 22 heavy (non-hydrogen) atoms. The van der Waals surface area contributed by atoms with Gasteiger partial charge in [0.15, 0.2) is 0 Å². The van der Waals surface area contributed by atoms with Gasteiger partial charge in [-0.05, 0) is 18.6 Å². The molecule has 2 aromatic rings. The molecule has 0 bridgehead atoms. The number of hydrogen-bond donors (Lipinski definition) is 1. The van der Waals surface area contributed by atoms with Crippen LogP contribution in [-0.4, -0.2) is 11.9 Å². The van der Waals surface area contributed by atoms with Crippen molar-refractivity contribution in [2.24, 2.45) is 0 Å². The van der Waals surface area contributed by atoms with Crippen LogP contribution in [0.5, 0.6) is 0 Å². The van der Waals surface area contributed by atoms with E-state index in [1.807, 2.05) is 38.1 Å². The van der Waals surface area contributed by atoms with E-state index in [-0.39, 0.29) is 5.91 Å². The number of amides is 1. The van der Waals surface area contributed by atoms with E-state index in [2.05, 4.69) is 11.4 Å². The molecule has 114 valence electrons. The van der Waals surface area contributed by atoms with Gasteiger partial charge in [-0.25, -0.2) is 0 Å². The van der Waals surface area contributed by atoms with Crippen LogP contribution < -0.4 is 5.32 Å². The first-order valence-electron chi connectivity index (χ1n) is 7.58. The largest absolute Gasteiger partial charge is 0.460 e. The van der Waals surface area contributed by atoms with Gasteiger partial charge in [-0.2, -0.15) is 5.26 Å². The molecule has 1 atom stereocenters. The van der Waals surface area contributed by atoms with Gasteiger partial charge in [-0.1, -0.05) is 38.5 Å². The van der Waals surface area contributed by atoms with Crippen LogP contribution in [0.15, 0.2) is 34.8 Å². The smallest absolute Gasteiger partial charge is 0.245 e.